The maximum Gasteiger partial charge on any atom is 0.350 e. The maximum atomic E-state index is 13.1. The van der Waals surface area contributed by atoms with Gasteiger partial charge < -0.3 is 10.1 Å². The number of nitrogens with one attached hydrogen (secondary N) is 2. The number of carbonyl (C=O) groups excluding carboxylic acids is 4. The Morgan fingerprint density at radius 1 is 1.08 bits per heavy atom. The number of anilines is 3. The summed E-state index contributed by atoms with van der Waals surface area (Å²) < 4.78 is 4.99. The van der Waals surface area contributed by atoms with Gasteiger partial charge in [-0.25, -0.2) is 14.7 Å². The van der Waals surface area contributed by atoms with Crippen molar-refractivity contribution in [2.24, 2.45) is 0 Å². The zero-order chi connectivity index (χ0) is 26.9. The molecular formula is C24H17Cl3N4O5S. The second-order valence-electron chi connectivity index (χ2n) is 7.54. The SMILES string of the molecule is CCOC(=O)c1sc(NC(=O)c2cccc(NC3=C(Cl)C(=O)N(c4cc(Cl)ccc4Cl)C3=O)c2)nc1C. The molecule has 1 aliphatic rings. The molecule has 190 valence electrons. The summed E-state index contributed by atoms with van der Waals surface area (Å²) in [6.45, 7) is 3.55. The molecule has 0 saturated carbocycles. The van der Waals surface area contributed by atoms with Crippen molar-refractivity contribution in [3.8, 4) is 0 Å². The van der Waals surface area contributed by atoms with Gasteiger partial charge in [-0.3, -0.25) is 19.7 Å². The van der Waals surface area contributed by atoms with Gasteiger partial charge in [-0.05, 0) is 50.2 Å². The number of carbonyl (C=O) groups is 4. The molecule has 0 atom stereocenters. The summed E-state index contributed by atoms with van der Waals surface area (Å²) in [4.78, 5) is 56.0. The first-order valence-corrected chi connectivity index (χ1v) is 12.6. The molecule has 13 heteroatoms. The molecule has 0 unspecified atom stereocenters. The van der Waals surface area contributed by atoms with E-state index in [1.54, 1.807) is 32.0 Å². The Hall–Kier alpha value is -3.44. The molecule has 0 spiro atoms. The average Bonchev–Trinajstić information content (AvgIpc) is 3.33. The monoisotopic (exact) mass is 578 g/mol. The fraction of sp³-hybridized carbons (Fsp3) is 0.125. The molecule has 3 aromatic rings. The van der Waals surface area contributed by atoms with Crippen LogP contribution in [0.3, 0.4) is 0 Å². The lowest BCUT2D eigenvalue weighted by molar-refractivity contribution is -0.120. The summed E-state index contributed by atoms with van der Waals surface area (Å²) in [6.07, 6.45) is 0. The van der Waals surface area contributed by atoms with Crippen LogP contribution in [-0.2, 0) is 14.3 Å². The lowest BCUT2D eigenvalue weighted by Crippen LogP contribution is -2.32. The van der Waals surface area contributed by atoms with E-state index in [-0.39, 0.29) is 43.8 Å². The molecule has 0 bridgehead atoms. The first-order chi connectivity index (χ1) is 17.6. The van der Waals surface area contributed by atoms with Crippen molar-refractivity contribution < 1.29 is 23.9 Å². The van der Waals surface area contributed by atoms with E-state index < -0.39 is 23.7 Å². The fourth-order valence-electron chi connectivity index (χ4n) is 3.38. The van der Waals surface area contributed by atoms with Gasteiger partial charge in [0.15, 0.2) is 5.13 Å². The van der Waals surface area contributed by atoms with Crippen LogP contribution in [0.25, 0.3) is 0 Å². The van der Waals surface area contributed by atoms with E-state index in [0.29, 0.717) is 16.3 Å². The lowest BCUT2D eigenvalue weighted by atomic mass is 10.2. The van der Waals surface area contributed by atoms with Gasteiger partial charge >= 0.3 is 5.97 Å². The minimum atomic E-state index is -0.774. The molecule has 3 amide bonds. The topological polar surface area (TPSA) is 118 Å². The number of rotatable bonds is 7. The van der Waals surface area contributed by atoms with E-state index in [1.165, 1.54) is 24.3 Å². The first-order valence-electron chi connectivity index (χ1n) is 10.7. The Labute approximate surface area is 230 Å². The van der Waals surface area contributed by atoms with E-state index >= 15 is 0 Å². The van der Waals surface area contributed by atoms with Gasteiger partial charge in [-0.2, -0.15) is 0 Å². The Kier molecular flexibility index (Phi) is 7.84. The Balaban J connectivity index is 1.52. The molecule has 0 fully saturated rings. The number of hydrogen-bond acceptors (Lipinski definition) is 8. The highest BCUT2D eigenvalue weighted by atomic mass is 35.5. The summed E-state index contributed by atoms with van der Waals surface area (Å²) in [5.74, 6) is -2.53. The number of hydrogen-bond donors (Lipinski definition) is 2. The predicted molar refractivity (Wildman–Crippen MR) is 143 cm³/mol. The number of ether oxygens (including phenoxy) is 1. The highest BCUT2D eigenvalue weighted by Crippen LogP contribution is 2.36. The minimum Gasteiger partial charge on any atom is -0.462 e. The molecule has 37 heavy (non-hydrogen) atoms. The third kappa shape index (κ3) is 5.47. The van der Waals surface area contributed by atoms with Crippen LogP contribution in [0.4, 0.5) is 16.5 Å². The normalized spacial score (nSPS) is 13.3. The number of nitrogens with zero attached hydrogens (tertiary/aromatic N) is 2. The summed E-state index contributed by atoms with van der Waals surface area (Å²) in [6, 6.07) is 10.5. The molecule has 2 aromatic carbocycles. The van der Waals surface area contributed by atoms with Gasteiger partial charge in [0.2, 0.25) is 0 Å². The molecule has 0 aliphatic carbocycles. The number of aryl methyl sites for hydroxylation is 1. The van der Waals surface area contributed by atoms with Gasteiger partial charge in [0.25, 0.3) is 17.7 Å². The quantitative estimate of drug-likeness (QED) is 0.275. The van der Waals surface area contributed by atoms with Crippen molar-refractivity contribution in [2.75, 3.05) is 22.1 Å². The van der Waals surface area contributed by atoms with Gasteiger partial charge in [-0.15, -0.1) is 0 Å². The molecule has 2 N–H and O–H groups in total. The lowest BCUT2D eigenvalue weighted by Gasteiger charge is -2.17. The van der Waals surface area contributed by atoms with E-state index in [2.05, 4.69) is 15.6 Å². The summed E-state index contributed by atoms with van der Waals surface area (Å²) >= 11 is 19.4. The predicted octanol–water partition coefficient (Wildman–Crippen LogP) is 5.62. The standard InChI is InChI=1S/C24H17Cl3N4O5S/c1-3-36-23(35)19-11(2)28-24(37-19)30-20(32)12-5-4-6-14(9-12)29-18-17(27)21(33)31(22(18)34)16-10-13(25)7-8-15(16)26/h4-10,29H,3H2,1-2H3,(H,28,30,32). The average molecular weight is 580 g/mol. The second kappa shape index (κ2) is 10.9. The zero-order valence-corrected chi connectivity index (χ0v) is 22.3. The zero-order valence-electron chi connectivity index (χ0n) is 19.2. The second-order valence-corrected chi connectivity index (χ2v) is 9.77. The van der Waals surface area contributed by atoms with E-state index in [4.69, 9.17) is 39.5 Å². The summed E-state index contributed by atoms with van der Waals surface area (Å²) in [5.41, 5.74) is 0.884. The minimum absolute atomic E-state index is 0.0909. The Bertz CT molecular complexity index is 1490. The highest BCUT2D eigenvalue weighted by Gasteiger charge is 2.40. The van der Waals surface area contributed by atoms with Gasteiger partial charge in [0.1, 0.15) is 15.6 Å². The van der Waals surface area contributed by atoms with Crippen LogP contribution < -0.4 is 15.5 Å². The fourth-order valence-corrected chi connectivity index (χ4v) is 4.81. The highest BCUT2D eigenvalue weighted by molar-refractivity contribution is 7.17. The molecule has 2 heterocycles. The Morgan fingerprint density at radius 2 is 1.84 bits per heavy atom. The number of thiazole rings is 1. The number of aromatic nitrogens is 1. The van der Waals surface area contributed by atoms with Crippen LogP contribution in [0.5, 0.6) is 0 Å². The number of imide groups is 1. The van der Waals surface area contributed by atoms with Crippen LogP contribution in [0.2, 0.25) is 10.0 Å². The Morgan fingerprint density at radius 3 is 2.57 bits per heavy atom. The van der Waals surface area contributed by atoms with Crippen molar-refractivity contribution in [1.29, 1.82) is 0 Å². The van der Waals surface area contributed by atoms with Crippen molar-refractivity contribution >= 4 is 86.3 Å². The van der Waals surface area contributed by atoms with E-state index in [9.17, 15) is 19.2 Å². The van der Waals surface area contributed by atoms with Crippen molar-refractivity contribution in [3.05, 3.63) is 79.4 Å². The van der Waals surface area contributed by atoms with Crippen molar-refractivity contribution in [2.45, 2.75) is 13.8 Å². The molecule has 4 rings (SSSR count). The van der Waals surface area contributed by atoms with Crippen molar-refractivity contribution in [3.63, 3.8) is 0 Å². The molecule has 9 nitrogen and oxygen atoms in total. The molecule has 0 radical (unpaired) electrons. The summed E-state index contributed by atoms with van der Waals surface area (Å²) in [7, 11) is 0. The first kappa shape index (κ1) is 26.6. The van der Waals surface area contributed by atoms with Gasteiger partial charge in [-0.1, -0.05) is 52.2 Å². The molecular weight excluding hydrogens is 563 g/mol. The van der Waals surface area contributed by atoms with Gasteiger partial charge in [0.05, 0.1) is 23.0 Å². The molecule has 1 aliphatic heterocycles. The van der Waals surface area contributed by atoms with E-state index in [0.717, 1.165) is 16.2 Å². The smallest absolute Gasteiger partial charge is 0.350 e. The number of halogens is 3. The largest absolute Gasteiger partial charge is 0.462 e. The number of esters is 1. The third-order valence-corrected chi connectivity index (χ3v) is 7.01. The maximum absolute atomic E-state index is 13.1. The summed E-state index contributed by atoms with van der Waals surface area (Å²) in [5, 5.41) is 5.74. The third-order valence-electron chi connectivity index (χ3n) is 5.05. The molecule has 1 aromatic heterocycles. The number of amides is 3. The molecule has 0 saturated heterocycles. The van der Waals surface area contributed by atoms with E-state index in [1.807, 2.05) is 0 Å². The van der Waals surface area contributed by atoms with Crippen LogP contribution in [-0.4, -0.2) is 35.3 Å². The van der Waals surface area contributed by atoms with Crippen molar-refractivity contribution in [1.82, 2.24) is 4.98 Å². The van der Waals surface area contributed by atoms with Crippen LogP contribution in [0.15, 0.2) is 53.2 Å². The van der Waals surface area contributed by atoms with Crippen LogP contribution in [0.1, 0.15) is 32.6 Å². The number of benzene rings is 2. The van der Waals surface area contributed by atoms with Gasteiger partial charge in [0, 0.05) is 16.3 Å². The van der Waals surface area contributed by atoms with Crippen LogP contribution >= 0.6 is 46.1 Å². The van der Waals surface area contributed by atoms with Crippen LogP contribution in [0, 0.1) is 6.92 Å².